The van der Waals surface area contributed by atoms with E-state index < -0.39 is 0 Å². The van der Waals surface area contributed by atoms with Crippen molar-refractivity contribution in [3.8, 4) is 0 Å². The number of nitrogens with zero attached hydrogens (tertiary/aromatic N) is 3. The summed E-state index contributed by atoms with van der Waals surface area (Å²) in [5.74, 6) is 0.365. The number of rotatable bonds is 4. The molecule has 0 aliphatic carbocycles. The molecule has 18 heavy (non-hydrogen) atoms. The summed E-state index contributed by atoms with van der Waals surface area (Å²) in [7, 11) is 0. The fraction of sp³-hybridized carbons (Fsp3) is 0.429. The van der Waals surface area contributed by atoms with E-state index in [1.165, 1.54) is 5.56 Å². The van der Waals surface area contributed by atoms with E-state index in [1.807, 2.05) is 22.9 Å². The number of benzene rings is 1. The molecule has 0 aliphatic heterocycles. The minimum atomic E-state index is 0.177. The first-order valence-electron chi connectivity index (χ1n) is 6.34. The maximum atomic E-state index is 5.72. The number of nitrogens with two attached hydrogens (primary N) is 1. The van der Waals surface area contributed by atoms with Gasteiger partial charge in [0.25, 0.3) is 0 Å². The third-order valence-corrected chi connectivity index (χ3v) is 3.19. The van der Waals surface area contributed by atoms with Crippen molar-refractivity contribution in [2.45, 2.75) is 39.3 Å². The summed E-state index contributed by atoms with van der Waals surface area (Å²) in [5, 5.41) is 8.46. The van der Waals surface area contributed by atoms with Crippen LogP contribution < -0.4 is 5.73 Å². The number of hydrogen-bond acceptors (Lipinski definition) is 3. The van der Waals surface area contributed by atoms with Crippen molar-refractivity contribution >= 4 is 0 Å². The van der Waals surface area contributed by atoms with Gasteiger partial charge in [-0.2, -0.15) is 0 Å². The molecular weight excluding hydrogens is 224 g/mol. The van der Waals surface area contributed by atoms with E-state index in [0.29, 0.717) is 12.5 Å². The Labute approximate surface area is 108 Å². The van der Waals surface area contributed by atoms with Crippen LogP contribution in [0.15, 0.2) is 30.3 Å². The van der Waals surface area contributed by atoms with Gasteiger partial charge in [0, 0.05) is 6.54 Å². The molecule has 4 nitrogen and oxygen atoms in total. The van der Waals surface area contributed by atoms with Crippen LogP contribution in [0.1, 0.15) is 49.7 Å². The van der Waals surface area contributed by atoms with Gasteiger partial charge in [0.1, 0.15) is 0 Å². The van der Waals surface area contributed by atoms with Gasteiger partial charge in [0.2, 0.25) is 0 Å². The quantitative estimate of drug-likeness (QED) is 0.898. The maximum Gasteiger partial charge on any atom is 0.0997 e. The standard InChI is InChI=1S/C14H20N4/c1-10(2)14-13(9-15)16-17-18(14)11(3)12-7-5-4-6-8-12/h4-8,10-11H,9,15H2,1-3H3. The van der Waals surface area contributed by atoms with E-state index in [9.17, 15) is 0 Å². The molecule has 1 atom stereocenters. The van der Waals surface area contributed by atoms with Gasteiger partial charge in [-0.05, 0) is 18.4 Å². The molecule has 1 aromatic heterocycles. The van der Waals surface area contributed by atoms with Gasteiger partial charge in [-0.1, -0.05) is 49.4 Å². The van der Waals surface area contributed by atoms with Crippen LogP contribution in [0, 0.1) is 0 Å². The van der Waals surface area contributed by atoms with Crippen LogP contribution in [-0.2, 0) is 6.54 Å². The Kier molecular flexibility index (Phi) is 3.77. The van der Waals surface area contributed by atoms with Crippen molar-refractivity contribution in [3.05, 3.63) is 47.3 Å². The lowest BCUT2D eigenvalue weighted by Crippen LogP contribution is -2.14. The Morgan fingerprint density at radius 1 is 1.17 bits per heavy atom. The summed E-state index contributed by atoms with van der Waals surface area (Å²) < 4.78 is 1.99. The highest BCUT2D eigenvalue weighted by Gasteiger charge is 2.19. The first-order valence-corrected chi connectivity index (χ1v) is 6.34. The van der Waals surface area contributed by atoms with Crippen molar-refractivity contribution < 1.29 is 0 Å². The van der Waals surface area contributed by atoms with Crippen LogP contribution in [0.5, 0.6) is 0 Å². The molecule has 0 saturated carbocycles. The van der Waals surface area contributed by atoms with Crippen LogP contribution in [-0.4, -0.2) is 15.0 Å². The molecule has 0 spiro atoms. The van der Waals surface area contributed by atoms with E-state index in [2.05, 4.69) is 43.2 Å². The number of hydrogen-bond donors (Lipinski definition) is 1. The lowest BCUT2D eigenvalue weighted by Gasteiger charge is -2.17. The topological polar surface area (TPSA) is 56.7 Å². The van der Waals surface area contributed by atoms with Gasteiger partial charge >= 0.3 is 0 Å². The average molecular weight is 244 g/mol. The first kappa shape index (κ1) is 12.8. The normalized spacial score (nSPS) is 12.9. The lowest BCUT2D eigenvalue weighted by molar-refractivity contribution is 0.509. The molecule has 2 rings (SSSR count). The molecule has 1 aromatic carbocycles. The van der Waals surface area contributed by atoms with Crippen molar-refractivity contribution in [1.82, 2.24) is 15.0 Å². The van der Waals surface area contributed by atoms with Gasteiger partial charge in [-0.25, -0.2) is 4.68 Å². The summed E-state index contributed by atoms with van der Waals surface area (Å²) >= 11 is 0. The summed E-state index contributed by atoms with van der Waals surface area (Å²) in [5.41, 5.74) is 8.98. The molecule has 0 radical (unpaired) electrons. The monoisotopic (exact) mass is 244 g/mol. The molecule has 0 bridgehead atoms. The highest BCUT2D eigenvalue weighted by molar-refractivity contribution is 5.22. The molecule has 4 heteroatoms. The van der Waals surface area contributed by atoms with Crippen molar-refractivity contribution in [2.24, 2.45) is 5.73 Å². The Morgan fingerprint density at radius 3 is 2.39 bits per heavy atom. The molecular formula is C14H20N4. The van der Waals surface area contributed by atoms with Crippen LogP contribution in [0.4, 0.5) is 0 Å². The van der Waals surface area contributed by atoms with Gasteiger partial charge in [0.05, 0.1) is 17.4 Å². The van der Waals surface area contributed by atoms with Crippen molar-refractivity contribution in [2.75, 3.05) is 0 Å². The van der Waals surface area contributed by atoms with Gasteiger partial charge < -0.3 is 5.73 Å². The van der Waals surface area contributed by atoms with Crippen molar-refractivity contribution in [1.29, 1.82) is 0 Å². The molecule has 1 heterocycles. The average Bonchev–Trinajstić information content (AvgIpc) is 2.82. The van der Waals surface area contributed by atoms with E-state index >= 15 is 0 Å². The molecule has 0 fully saturated rings. The fourth-order valence-electron chi connectivity index (χ4n) is 2.24. The zero-order valence-electron chi connectivity index (χ0n) is 11.2. The largest absolute Gasteiger partial charge is 0.325 e. The van der Waals surface area contributed by atoms with E-state index in [1.54, 1.807) is 0 Å². The van der Waals surface area contributed by atoms with Crippen molar-refractivity contribution in [3.63, 3.8) is 0 Å². The Morgan fingerprint density at radius 2 is 1.83 bits per heavy atom. The Balaban J connectivity index is 2.42. The SMILES string of the molecule is CC(C)c1c(CN)nnn1C(C)c1ccccc1. The van der Waals surface area contributed by atoms with E-state index in [-0.39, 0.29) is 6.04 Å². The fourth-order valence-corrected chi connectivity index (χ4v) is 2.24. The predicted molar refractivity (Wildman–Crippen MR) is 72.3 cm³/mol. The van der Waals surface area contributed by atoms with Crippen LogP contribution >= 0.6 is 0 Å². The molecule has 2 N–H and O–H groups in total. The Hall–Kier alpha value is -1.68. The van der Waals surface area contributed by atoms with E-state index in [0.717, 1.165) is 11.4 Å². The molecule has 96 valence electrons. The number of aromatic nitrogens is 3. The second kappa shape index (κ2) is 5.31. The highest BCUT2D eigenvalue weighted by atomic mass is 15.4. The van der Waals surface area contributed by atoms with Gasteiger partial charge in [0.15, 0.2) is 0 Å². The van der Waals surface area contributed by atoms with E-state index in [4.69, 9.17) is 5.73 Å². The van der Waals surface area contributed by atoms with Crippen LogP contribution in [0.2, 0.25) is 0 Å². The van der Waals surface area contributed by atoms with Gasteiger partial charge in [-0.3, -0.25) is 0 Å². The van der Waals surface area contributed by atoms with Gasteiger partial charge in [-0.15, -0.1) is 5.10 Å². The summed E-state index contributed by atoms with van der Waals surface area (Å²) in [6.07, 6.45) is 0. The van der Waals surface area contributed by atoms with Crippen LogP contribution in [0.25, 0.3) is 0 Å². The molecule has 0 aliphatic rings. The molecule has 2 aromatic rings. The minimum Gasteiger partial charge on any atom is -0.325 e. The maximum absolute atomic E-state index is 5.72. The third-order valence-electron chi connectivity index (χ3n) is 3.19. The second-order valence-electron chi connectivity index (χ2n) is 4.81. The Bertz CT molecular complexity index is 502. The molecule has 0 saturated heterocycles. The van der Waals surface area contributed by atoms with Crippen LogP contribution in [0.3, 0.4) is 0 Å². The lowest BCUT2D eigenvalue weighted by atomic mass is 10.0. The smallest absolute Gasteiger partial charge is 0.0997 e. The highest BCUT2D eigenvalue weighted by Crippen LogP contribution is 2.24. The minimum absolute atomic E-state index is 0.177. The zero-order chi connectivity index (χ0) is 13.1. The molecule has 1 unspecified atom stereocenters. The zero-order valence-corrected chi connectivity index (χ0v) is 11.2. The molecule has 0 amide bonds. The third kappa shape index (κ3) is 2.29. The first-order chi connectivity index (χ1) is 8.65. The summed E-state index contributed by atoms with van der Waals surface area (Å²) in [4.78, 5) is 0. The second-order valence-corrected chi connectivity index (χ2v) is 4.81. The predicted octanol–water partition coefficient (Wildman–Crippen LogP) is 2.47. The summed E-state index contributed by atoms with van der Waals surface area (Å²) in [6, 6.07) is 10.5. The summed E-state index contributed by atoms with van der Waals surface area (Å²) in [6.45, 7) is 6.86.